The Morgan fingerprint density at radius 2 is 2.36 bits per heavy atom. The van der Waals surface area contributed by atoms with E-state index in [9.17, 15) is 4.79 Å². The summed E-state index contributed by atoms with van der Waals surface area (Å²) in [5.74, 6) is 0.952. The lowest BCUT2D eigenvalue weighted by molar-refractivity contribution is -0.121. The van der Waals surface area contributed by atoms with Crippen molar-refractivity contribution in [2.45, 2.75) is 13.3 Å². The fourth-order valence-corrected chi connectivity index (χ4v) is 1.69. The van der Waals surface area contributed by atoms with E-state index >= 15 is 0 Å². The normalized spacial score (nSPS) is 19.6. The van der Waals surface area contributed by atoms with E-state index in [1.165, 1.54) is 0 Å². The molecular weight excluding hydrogens is 178 g/mol. The minimum atomic E-state index is -0.0350. The van der Waals surface area contributed by atoms with Crippen molar-refractivity contribution in [3.05, 3.63) is 23.8 Å². The second-order valence-corrected chi connectivity index (χ2v) is 3.65. The summed E-state index contributed by atoms with van der Waals surface area (Å²) in [6.07, 6.45) is 0.706. The first-order chi connectivity index (χ1) is 6.68. The van der Waals surface area contributed by atoms with Gasteiger partial charge < -0.3 is 10.5 Å². The Bertz CT molecular complexity index is 374. The van der Waals surface area contributed by atoms with Crippen molar-refractivity contribution < 1.29 is 9.53 Å². The van der Waals surface area contributed by atoms with Crippen LogP contribution in [0.15, 0.2) is 18.2 Å². The van der Waals surface area contributed by atoms with Gasteiger partial charge in [-0.2, -0.15) is 0 Å². The molecule has 1 atom stereocenters. The van der Waals surface area contributed by atoms with Crippen LogP contribution in [0.1, 0.15) is 12.5 Å². The van der Waals surface area contributed by atoms with Crippen LogP contribution < -0.4 is 10.5 Å². The average molecular weight is 191 g/mol. The van der Waals surface area contributed by atoms with E-state index in [1.807, 2.05) is 18.2 Å². The van der Waals surface area contributed by atoms with E-state index < -0.39 is 0 Å². The molecule has 0 saturated carbocycles. The molecule has 2 rings (SSSR count). The Morgan fingerprint density at radius 3 is 3.07 bits per heavy atom. The molecule has 0 bridgehead atoms. The smallest absolute Gasteiger partial charge is 0.136 e. The van der Waals surface area contributed by atoms with Gasteiger partial charge in [-0.25, -0.2) is 0 Å². The summed E-state index contributed by atoms with van der Waals surface area (Å²) in [6.45, 7) is 2.07. The second kappa shape index (κ2) is 3.33. The zero-order chi connectivity index (χ0) is 10.1. The van der Waals surface area contributed by atoms with E-state index in [2.05, 4.69) is 0 Å². The van der Waals surface area contributed by atoms with Gasteiger partial charge in [0.1, 0.15) is 11.5 Å². The van der Waals surface area contributed by atoms with Crippen LogP contribution in [-0.4, -0.2) is 12.4 Å². The van der Waals surface area contributed by atoms with Crippen LogP contribution in [-0.2, 0) is 11.2 Å². The largest absolute Gasteiger partial charge is 0.492 e. The van der Waals surface area contributed by atoms with Gasteiger partial charge in [-0.3, -0.25) is 4.79 Å². The molecule has 74 valence electrons. The topological polar surface area (TPSA) is 52.3 Å². The number of fused-ring (bicyclic) bond motifs is 1. The first kappa shape index (κ1) is 9.06. The van der Waals surface area contributed by atoms with Crippen molar-refractivity contribution in [2.24, 2.45) is 5.92 Å². The first-order valence-electron chi connectivity index (χ1n) is 4.69. The van der Waals surface area contributed by atoms with Crippen LogP contribution in [0.3, 0.4) is 0 Å². The van der Waals surface area contributed by atoms with Crippen molar-refractivity contribution in [3.8, 4) is 5.75 Å². The zero-order valence-corrected chi connectivity index (χ0v) is 8.12. The SMILES string of the molecule is CC(=O)C1COc2cccc(N)c2C1. The molecule has 0 aliphatic carbocycles. The van der Waals surface area contributed by atoms with Gasteiger partial charge in [-0.15, -0.1) is 0 Å². The van der Waals surface area contributed by atoms with Crippen LogP contribution in [0.5, 0.6) is 5.75 Å². The molecule has 0 radical (unpaired) electrons. The Labute approximate surface area is 82.9 Å². The van der Waals surface area contributed by atoms with Crippen LogP contribution in [0.25, 0.3) is 0 Å². The monoisotopic (exact) mass is 191 g/mol. The molecule has 1 aliphatic rings. The molecule has 0 amide bonds. The molecule has 1 aromatic rings. The summed E-state index contributed by atoms with van der Waals surface area (Å²) in [6, 6.07) is 5.59. The lowest BCUT2D eigenvalue weighted by atomic mass is 9.93. The number of carbonyl (C=O) groups is 1. The third kappa shape index (κ3) is 1.45. The fourth-order valence-electron chi connectivity index (χ4n) is 1.69. The average Bonchev–Trinajstić information content (AvgIpc) is 2.18. The Balaban J connectivity index is 2.33. The molecule has 2 N–H and O–H groups in total. The van der Waals surface area contributed by atoms with Crippen molar-refractivity contribution in [3.63, 3.8) is 0 Å². The molecule has 0 fully saturated rings. The Morgan fingerprint density at radius 1 is 1.57 bits per heavy atom. The van der Waals surface area contributed by atoms with Crippen LogP contribution >= 0.6 is 0 Å². The number of rotatable bonds is 1. The molecule has 1 heterocycles. The minimum absolute atomic E-state index is 0.0350. The minimum Gasteiger partial charge on any atom is -0.492 e. The predicted molar refractivity (Wildman–Crippen MR) is 54.2 cm³/mol. The Hall–Kier alpha value is -1.51. The van der Waals surface area contributed by atoms with E-state index in [0.29, 0.717) is 18.7 Å². The highest BCUT2D eigenvalue weighted by Crippen LogP contribution is 2.31. The predicted octanol–water partition coefficient (Wildman–Crippen LogP) is 1.41. The molecule has 0 saturated heterocycles. The maximum Gasteiger partial charge on any atom is 0.136 e. The van der Waals surface area contributed by atoms with Gasteiger partial charge in [0.2, 0.25) is 0 Å². The highest BCUT2D eigenvalue weighted by atomic mass is 16.5. The summed E-state index contributed by atoms with van der Waals surface area (Å²) in [5.41, 5.74) is 7.50. The van der Waals surface area contributed by atoms with Gasteiger partial charge in [0.05, 0.1) is 12.5 Å². The third-order valence-electron chi connectivity index (χ3n) is 2.63. The number of hydrogen-bond donors (Lipinski definition) is 1. The second-order valence-electron chi connectivity index (χ2n) is 3.65. The number of ketones is 1. The number of benzene rings is 1. The lowest BCUT2D eigenvalue weighted by Crippen LogP contribution is -2.27. The molecule has 14 heavy (non-hydrogen) atoms. The highest BCUT2D eigenvalue weighted by Gasteiger charge is 2.24. The lowest BCUT2D eigenvalue weighted by Gasteiger charge is -2.24. The number of Topliss-reactive ketones (excluding diaryl/α,β-unsaturated/α-hetero) is 1. The highest BCUT2D eigenvalue weighted by molar-refractivity contribution is 5.79. The van der Waals surface area contributed by atoms with E-state index in [0.717, 1.165) is 11.3 Å². The number of hydrogen-bond acceptors (Lipinski definition) is 3. The first-order valence-corrected chi connectivity index (χ1v) is 4.69. The summed E-state index contributed by atoms with van der Waals surface area (Å²) >= 11 is 0. The summed E-state index contributed by atoms with van der Waals surface area (Å²) in [5, 5.41) is 0. The van der Waals surface area contributed by atoms with Crippen molar-refractivity contribution in [2.75, 3.05) is 12.3 Å². The molecule has 1 aromatic carbocycles. The number of carbonyl (C=O) groups excluding carboxylic acids is 1. The summed E-state index contributed by atoms with van der Waals surface area (Å²) in [7, 11) is 0. The van der Waals surface area contributed by atoms with Gasteiger partial charge in [0, 0.05) is 11.3 Å². The Kier molecular flexibility index (Phi) is 2.15. The van der Waals surface area contributed by atoms with Crippen molar-refractivity contribution in [1.29, 1.82) is 0 Å². The van der Waals surface area contributed by atoms with Gasteiger partial charge >= 0.3 is 0 Å². The maximum absolute atomic E-state index is 11.2. The third-order valence-corrected chi connectivity index (χ3v) is 2.63. The molecule has 1 aliphatic heterocycles. The van der Waals surface area contributed by atoms with Crippen molar-refractivity contribution >= 4 is 11.5 Å². The van der Waals surface area contributed by atoms with Gasteiger partial charge in [-0.05, 0) is 25.5 Å². The van der Waals surface area contributed by atoms with E-state index in [-0.39, 0.29) is 11.7 Å². The van der Waals surface area contributed by atoms with Gasteiger partial charge in [0.25, 0.3) is 0 Å². The number of nitrogens with two attached hydrogens (primary N) is 1. The van der Waals surface area contributed by atoms with Crippen LogP contribution in [0, 0.1) is 5.92 Å². The van der Waals surface area contributed by atoms with E-state index in [1.54, 1.807) is 6.92 Å². The number of ether oxygens (including phenoxy) is 1. The molecule has 1 unspecified atom stereocenters. The van der Waals surface area contributed by atoms with Gasteiger partial charge in [0.15, 0.2) is 0 Å². The molecule has 3 nitrogen and oxygen atoms in total. The van der Waals surface area contributed by atoms with Gasteiger partial charge in [-0.1, -0.05) is 6.07 Å². The van der Waals surface area contributed by atoms with Crippen LogP contribution in [0.4, 0.5) is 5.69 Å². The molecular formula is C11H13NO2. The summed E-state index contributed by atoms with van der Waals surface area (Å²) in [4.78, 5) is 11.2. The molecule has 3 heteroatoms. The standard InChI is InChI=1S/C11H13NO2/c1-7(13)8-5-9-10(12)3-2-4-11(9)14-6-8/h2-4,8H,5-6,12H2,1H3. The molecule has 0 spiro atoms. The maximum atomic E-state index is 11.2. The van der Waals surface area contributed by atoms with Crippen molar-refractivity contribution in [1.82, 2.24) is 0 Å². The number of nitrogen functional groups attached to an aromatic ring is 1. The number of anilines is 1. The van der Waals surface area contributed by atoms with E-state index in [4.69, 9.17) is 10.5 Å². The van der Waals surface area contributed by atoms with Crippen LogP contribution in [0.2, 0.25) is 0 Å². The summed E-state index contributed by atoms with van der Waals surface area (Å²) < 4.78 is 5.48. The zero-order valence-electron chi connectivity index (χ0n) is 8.12. The fraction of sp³-hybridized carbons (Fsp3) is 0.364. The molecule has 0 aromatic heterocycles. The quantitative estimate of drug-likeness (QED) is 0.683.